The summed E-state index contributed by atoms with van der Waals surface area (Å²) in [6.45, 7) is 1.94. The van der Waals surface area contributed by atoms with E-state index in [1.54, 1.807) is 0 Å². The fourth-order valence-corrected chi connectivity index (χ4v) is 2.16. The lowest BCUT2D eigenvalue weighted by Gasteiger charge is -2.26. The molecule has 1 fully saturated rings. The van der Waals surface area contributed by atoms with E-state index in [0.717, 1.165) is 6.42 Å². The van der Waals surface area contributed by atoms with E-state index in [4.69, 9.17) is 5.73 Å². The molecule has 1 nitrogen and oxygen atoms in total. The van der Waals surface area contributed by atoms with Crippen LogP contribution in [0.5, 0.6) is 0 Å². The maximum absolute atomic E-state index is 13.6. The third-order valence-electron chi connectivity index (χ3n) is 2.96. The largest absolute Gasteiger partial charge is 0.325 e. The molecule has 0 heterocycles. The van der Waals surface area contributed by atoms with Crippen LogP contribution >= 0.6 is 0 Å². The van der Waals surface area contributed by atoms with Crippen LogP contribution < -0.4 is 5.73 Å². The smallest absolute Gasteiger partial charge is 0.113 e. The van der Waals surface area contributed by atoms with Gasteiger partial charge in [-0.25, -0.2) is 4.39 Å². The molecule has 1 aromatic rings. The Morgan fingerprint density at radius 1 is 1.33 bits per heavy atom. The molecular weight excluding hydrogens is 189 g/mol. The first-order valence-electron chi connectivity index (χ1n) is 5.51. The van der Waals surface area contributed by atoms with Gasteiger partial charge in [0.25, 0.3) is 0 Å². The van der Waals surface area contributed by atoms with Gasteiger partial charge in [-0.3, -0.25) is 0 Å². The molecule has 15 heavy (non-hydrogen) atoms. The van der Waals surface area contributed by atoms with Gasteiger partial charge in [-0.2, -0.15) is 0 Å². The average Bonchev–Trinajstić information content (AvgIpc) is 2.82. The minimum Gasteiger partial charge on any atom is -0.325 e. The first-order valence-corrected chi connectivity index (χ1v) is 5.51. The molecule has 0 amide bonds. The summed E-state index contributed by atoms with van der Waals surface area (Å²) in [5.74, 6) is 0. The van der Waals surface area contributed by atoms with Crippen molar-refractivity contribution in [2.45, 2.75) is 43.8 Å². The van der Waals surface area contributed by atoms with Crippen molar-refractivity contribution in [3.63, 3.8) is 0 Å². The Bertz CT molecular complexity index is 328. The Morgan fingerprint density at radius 3 is 2.47 bits per heavy atom. The molecule has 0 spiro atoms. The first-order chi connectivity index (χ1) is 6.99. The molecule has 0 unspecified atom stereocenters. The quantitative estimate of drug-likeness (QED) is 0.807. The van der Waals surface area contributed by atoms with E-state index < -0.39 is 11.2 Å². The molecule has 0 aromatic heterocycles. The van der Waals surface area contributed by atoms with Crippen LogP contribution in [0.2, 0.25) is 0 Å². The number of rotatable bonds is 4. The monoisotopic (exact) mass is 207 g/mol. The summed E-state index contributed by atoms with van der Waals surface area (Å²) in [7, 11) is 0. The van der Waals surface area contributed by atoms with E-state index in [0.29, 0.717) is 19.3 Å². The van der Waals surface area contributed by atoms with Crippen molar-refractivity contribution in [1.82, 2.24) is 0 Å². The fraction of sp³-hybridized carbons (Fsp3) is 0.538. The van der Waals surface area contributed by atoms with Crippen molar-refractivity contribution in [2.24, 2.45) is 5.73 Å². The number of nitrogens with two attached hydrogens (primary N) is 1. The van der Waals surface area contributed by atoms with E-state index in [1.807, 2.05) is 37.3 Å². The van der Waals surface area contributed by atoms with Crippen molar-refractivity contribution in [1.29, 1.82) is 0 Å². The molecule has 1 saturated carbocycles. The molecule has 1 atom stereocenters. The second kappa shape index (κ2) is 3.60. The van der Waals surface area contributed by atoms with Gasteiger partial charge in [0, 0.05) is 5.54 Å². The number of hydrogen-bond donors (Lipinski definition) is 1. The van der Waals surface area contributed by atoms with E-state index in [9.17, 15) is 4.39 Å². The molecule has 2 N–H and O–H groups in total. The van der Waals surface area contributed by atoms with Gasteiger partial charge in [0.15, 0.2) is 0 Å². The van der Waals surface area contributed by atoms with Crippen LogP contribution in [0, 0.1) is 0 Å². The summed E-state index contributed by atoms with van der Waals surface area (Å²) in [6.07, 6.45) is 2.61. The first kappa shape index (κ1) is 10.6. The highest BCUT2D eigenvalue weighted by Crippen LogP contribution is 2.45. The van der Waals surface area contributed by atoms with Crippen molar-refractivity contribution in [3.8, 4) is 0 Å². The van der Waals surface area contributed by atoms with Gasteiger partial charge in [0.1, 0.15) is 5.67 Å². The van der Waals surface area contributed by atoms with E-state index in [1.165, 1.54) is 5.56 Å². The zero-order valence-electron chi connectivity index (χ0n) is 9.17. The van der Waals surface area contributed by atoms with Gasteiger partial charge in [0.05, 0.1) is 0 Å². The molecule has 1 aliphatic carbocycles. The van der Waals surface area contributed by atoms with Crippen molar-refractivity contribution >= 4 is 0 Å². The average molecular weight is 207 g/mol. The molecule has 0 saturated heterocycles. The highest BCUT2D eigenvalue weighted by molar-refractivity contribution is 5.18. The van der Waals surface area contributed by atoms with Gasteiger partial charge >= 0.3 is 0 Å². The zero-order chi connectivity index (χ0) is 10.9. The minimum absolute atomic E-state index is 0.424. The molecule has 1 aliphatic rings. The lowest BCUT2D eigenvalue weighted by molar-refractivity contribution is 0.229. The van der Waals surface area contributed by atoms with Gasteiger partial charge in [0.2, 0.25) is 0 Å². The number of halogens is 1. The highest BCUT2D eigenvalue weighted by atomic mass is 19.1. The molecule has 0 radical (unpaired) electrons. The van der Waals surface area contributed by atoms with Gasteiger partial charge in [-0.15, -0.1) is 0 Å². The third-order valence-corrected chi connectivity index (χ3v) is 2.96. The summed E-state index contributed by atoms with van der Waals surface area (Å²) in [5, 5.41) is 0. The van der Waals surface area contributed by atoms with Crippen LogP contribution in [0.25, 0.3) is 0 Å². The molecule has 82 valence electrons. The Balaban J connectivity index is 1.98. The topological polar surface area (TPSA) is 26.0 Å². The zero-order valence-corrected chi connectivity index (χ0v) is 9.17. The minimum atomic E-state index is -0.960. The number of hydrogen-bond acceptors (Lipinski definition) is 1. The van der Waals surface area contributed by atoms with Crippen molar-refractivity contribution < 1.29 is 4.39 Å². The van der Waals surface area contributed by atoms with Gasteiger partial charge < -0.3 is 5.73 Å². The maximum atomic E-state index is 13.6. The lowest BCUT2D eigenvalue weighted by atomic mass is 9.88. The van der Waals surface area contributed by atoms with Gasteiger partial charge in [-0.05, 0) is 38.2 Å². The maximum Gasteiger partial charge on any atom is 0.113 e. The highest BCUT2D eigenvalue weighted by Gasteiger charge is 2.47. The van der Waals surface area contributed by atoms with Crippen LogP contribution in [0.4, 0.5) is 4.39 Å². The molecular formula is C13H18FN. The van der Waals surface area contributed by atoms with Crippen LogP contribution in [-0.4, -0.2) is 11.2 Å². The Hall–Kier alpha value is -0.890. The molecule has 0 bridgehead atoms. The second-order valence-electron chi connectivity index (χ2n) is 5.14. The van der Waals surface area contributed by atoms with Crippen LogP contribution in [0.15, 0.2) is 30.3 Å². The fourth-order valence-electron chi connectivity index (χ4n) is 2.16. The molecule has 2 heteroatoms. The summed E-state index contributed by atoms with van der Waals surface area (Å²) in [6, 6.07) is 10.1. The summed E-state index contributed by atoms with van der Waals surface area (Å²) < 4.78 is 13.6. The number of alkyl halides is 1. The normalized spacial score (nSPS) is 22.1. The van der Waals surface area contributed by atoms with Crippen molar-refractivity contribution in [3.05, 3.63) is 35.9 Å². The summed E-state index contributed by atoms with van der Waals surface area (Å²) in [5.41, 5.74) is 5.94. The Kier molecular flexibility index (Phi) is 2.55. The molecule has 1 aromatic carbocycles. The van der Waals surface area contributed by atoms with Crippen molar-refractivity contribution in [2.75, 3.05) is 0 Å². The molecule has 0 aliphatic heterocycles. The Morgan fingerprint density at radius 2 is 1.93 bits per heavy atom. The lowest BCUT2D eigenvalue weighted by Crippen LogP contribution is -2.41. The van der Waals surface area contributed by atoms with Crippen LogP contribution in [0.1, 0.15) is 31.7 Å². The van der Waals surface area contributed by atoms with Crippen LogP contribution in [-0.2, 0) is 6.42 Å². The summed E-state index contributed by atoms with van der Waals surface area (Å²) in [4.78, 5) is 0. The number of benzene rings is 1. The van der Waals surface area contributed by atoms with Crippen LogP contribution in [0.3, 0.4) is 0 Å². The third kappa shape index (κ3) is 3.03. The predicted octanol–water partition coefficient (Wildman–Crippen LogP) is 2.84. The standard InChI is InChI=1S/C13H18FN/c1-12(15,10-13(14)7-8-13)9-11-5-3-2-4-6-11/h2-6H,7-10,15H2,1H3/t12-/m0/s1. The van der Waals surface area contributed by atoms with E-state index >= 15 is 0 Å². The molecule has 2 rings (SSSR count). The van der Waals surface area contributed by atoms with Gasteiger partial charge in [-0.1, -0.05) is 30.3 Å². The predicted molar refractivity (Wildman–Crippen MR) is 60.4 cm³/mol. The Labute approximate surface area is 90.5 Å². The van der Waals surface area contributed by atoms with E-state index in [2.05, 4.69) is 0 Å². The SMILES string of the molecule is C[C@](N)(Cc1ccccc1)CC1(F)CC1. The van der Waals surface area contributed by atoms with E-state index in [-0.39, 0.29) is 0 Å². The second-order valence-corrected chi connectivity index (χ2v) is 5.14. The summed E-state index contributed by atoms with van der Waals surface area (Å²) >= 11 is 0.